The van der Waals surface area contributed by atoms with Crippen LogP contribution in [0.3, 0.4) is 0 Å². The van der Waals surface area contributed by atoms with Gasteiger partial charge < -0.3 is 14.0 Å². The molecule has 0 atom stereocenters. The summed E-state index contributed by atoms with van der Waals surface area (Å²) in [4.78, 5) is 0. The topological polar surface area (TPSA) is 27.7 Å². The minimum absolute atomic E-state index is 0.354. The first-order valence-corrected chi connectivity index (χ1v) is 9.07. The van der Waals surface area contributed by atoms with Crippen LogP contribution < -0.4 is 0 Å². The Kier molecular flexibility index (Phi) is 6.47. The van der Waals surface area contributed by atoms with Crippen LogP contribution in [0, 0.1) is 6.92 Å². The Balaban J connectivity index is 2.33. The molecule has 1 aliphatic heterocycles. The summed E-state index contributed by atoms with van der Waals surface area (Å²) < 4.78 is 32.8. The van der Waals surface area contributed by atoms with E-state index in [1.54, 1.807) is 0 Å². The molecular formula is C20H30BFO3. The zero-order valence-electron chi connectivity index (χ0n) is 16.3. The van der Waals surface area contributed by atoms with Crippen LogP contribution in [0.5, 0.6) is 0 Å². The van der Waals surface area contributed by atoms with Crippen LogP contribution in [-0.4, -0.2) is 31.5 Å². The van der Waals surface area contributed by atoms with Gasteiger partial charge in [0.15, 0.2) is 0 Å². The summed E-state index contributed by atoms with van der Waals surface area (Å²) in [6.07, 6.45) is 1.43. The molecule has 0 saturated carbocycles. The summed E-state index contributed by atoms with van der Waals surface area (Å²) in [5, 5.41) is 0. The molecule has 0 N–H and O–H groups in total. The zero-order valence-corrected chi connectivity index (χ0v) is 16.3. The van der Waals surface area contributed by atoms with Crippen LogP contribution in [0.4, 0.5) is 4.39 Å². The van der Waals surface area contributed by atoms with Gasteiger partial charge in [0.25, 0.3) is 0 Å². The van der Waals surface area contributed by atoms with E-state index < -0.39 is 18.3 Å². The van der Waals surface area contributed by atoms with E-state index in [-0.39, 0.29) is 5.73 Å². The Labute approximate surface area is 151 Å². The highest BCUT2D eigenvalue weighted by atomic mass is 19.1. The number of ether oxygens (including phenoxy) is 1. The number of rotatable bonds is 7. The van der Waals surface area contributed by atoms with Crippen molar-refractivity contribution in [3.8, 4) is 0 Å². The fraction of sp³-hybridized carbons (Fsp3) is 0.600. The molecule has 0 aliphatic carbocycles. The van der Waals surface area contributed by atoms with E-state index in [2.05, 4.69) is 6.92 Å². The van der Waals surface area contributed by atoms with Crippen molar-refractivity contribution >= 4 is 12.7 Å². The van der Waals surface area contributed by atoms with Crippen LogP contribution in [0.25, 0.3) is 5.57 Å². The molecule has 0 aromatic heterocycles. The largest absolute Gasteiger partial charge is 0.525 e. The molecule has 5 heteroatoms. The third-order valence-corrected chi connectivity index (χ3v) is 5.06. The average Bonchev–Trinajstić information content (AvgIpc) is 2.76. The standard InChI is InChI=1S/C20H30BFO3/c1-7-13-23-14-12-17(16-11-9-8-10-15(16)2)18(22)21-24-19(3,4)20(5,6)25-21/h8-11H,7,12-14H2,1-6H3. The Morgan fingerprint density at radius 3 is 2.24 bits per heavy atom. The molecule has 1 heterocycles. The van der Waals surface area contributed by atoms with Gasteiger partial charge in [-0.1, -0.05) is 31.2 Å². The lowest BCUT2D eigenvalue weighted by Crippen LogP contribution is -2.41. The van der Waals surface area contributed by atoms with Crippen molar-refractivity contribution in [2.45, 2.75) is 65.6 Å². The maximum atomic E-state index is 15.4. The first kappa shape index (κ1) is 20.2. The second kappa shape index (κ2) is 8.02. The number of halogens is 1. The molecule has 1 aromatic carbocycles. The maximum absolute atomic E-state index is 15.4. The fourth-order valence-electron chi connectivity index (χ4n) is 2.80. The number of benzene rings is 1. The van der Waals surface area contributed by atoms with Crippen molar-refractivity contribution in [2.75, 3.05) is 13.2 Å². The lowest BCUT2D eigenvalue weighted by molar-refractivity contribution is 0.00578. The van der Waals surface area contributed by atoms with Crippen molar-refractivity contribution in [1.29, 1.82) is 0 Å². The predicted octanol–water partition coefficient (Wildman–Crippen LogP) is 5.12. The van der Waals surface area contributed by atoms with Crippen LogP contribution in [0.1, 0.15) is 58.6 Å². The predicted molar refractivity (Wildman–Crippen MR) is 101 cm³/mol. The molecule has 1 saturated heterocycles. The SMILES string of the molecule is CCCOCCC(=C(F)B1OC(C)(C)C(C)(C)O1)c1ccccc1C. The first-order valence-electron chi connectivity index (χ1n) is 9.07. The lowest BCUT2D eigenvalue weighted by atomic mass is 9.81. The summed E-state index contributed by atoms with van der Waals surface area (Å²) in [6, 6.07) is 7.80. The summed E-state index contributed by atoms with van der Waals surface area (Å²) in [5.41, 5.74) is 1.03. The Bertz CT molecular complexity index is 609. The summed E-state index contributed by atoms with van der Waals surface area (Å²) in [5.74, 6) is 0. The first-order chi connectivity index (χ1) is 11.7. The van der Waals surface area contributed by atoms with Crippen molar-refractivity contribution in [3.63, 3.8) is 0 Å². The van der Waals surface area contributed by atoms with Gasteiger partial charge in [0.05, 0.1) is 17.8 Å². The highest BCUT2D eigenvalue weighted by Gasteiger charge is 2.53. The highest BCUT2D eigenvalue weighted by Crippen LogP contribution is 2.40. The summed E-state index contributed by atoms with van der Waals surface area (Å²) >= 11 is 0. The molecule has 0 bridgehead atoms. The number of aryl methyl sites for hydroxylation is 1. The molecule has 138 valence electrons. The van der Waals surface area contributed by atoms with Crippen molar-refractivity contribution in [1.82, 2.24) is 0 Å². The third-order valence-electron chi connectivity index (χ3n) is 5.06. The quantitative estimate of drug-likeness (QED) is 0.505. The van der Waals surface area contributed by atoms with Crippen LogP contribution in [-0.2, 0) is 14.0 Å². The van der Waals surface area contributed by atoms with Gasteiger partial charge in [-0.25, -0.2) is 4.39 Å². The Hall–Kier alpha value is -1.17. The van der Waals surface area contributed by atoms with Crippen molar-refractivity contribution < 1.29 is 18.4 Å². The van der Waals surface area contributed by atoms with Gasteiger partial charge in [0.2, 0.25) is 0 Å². The van der Waals surface area contributed by atoms with Gasteiger partial charge in [-0.15, -0.1) is 0 Å². The molecule has 1 aliphatic rings. The lowest BCUT2D eigenvalue weighted by Gasteiger charge is -2.32. The Morgan fingerprint density at radius 2 is 1.68 bits per heavy atom. The molecule has 0 spiro atoms. The summed E-state index contributed by atoms with van der Waals surface area (Å²) in [7, 11) is -0.981. The van der Waals surface area contributed by atoms with Crippen LogP contribution in [0.2, 0.25) is 0 Å². The van der Waals surface area contributed by atoms with Gasteiger partial charge in [0, 0.05) is 6.61 Å². The Morgan fingerprint density at radius 1 is 1.08 bits per heavy atom. The van der Waals surface area contributed by atoms with Gasteiger partial charge in [-0.05, 0) is 64.2 Å². The van der Waals surface area contributed by atoms with E-state index in [0.29, 0.717) is 25.2 Å². The second-order valence-corrected chi connectivity index (χ2v) is 7.59. The van der Waals surface area contributed by atoms with E-state index in [1.165, 1.54) is 0 Å². The number of hydrogen-bond acceptors (Lipinski definition) is 3. The normalized spacial score (nSPS) is 19.9. The van der Waals surface area contributed by atoms with Gasteiger partial charge in [0.1, 0.15) is 5.73 Å². The second-order valence-electron chi connectivity index (χ2n) is 7.59. The van der Waals surface area contributed by atoms with E-state index >= 15 is 4.39 Å². The molecule has 0 amide bonds. The molecule has 3 nitrogen and oxygen atoms in total. The van der Waals surface area contributed by atoms with Gasteiger partial charge in [-0.2, -0.15) is 0 Å². The average molecular weight is 348 g/mol. The number of hydrogen-bond donors (Lipinski definition) is 0. The van der Waals surface area contributed by atoms with Crippen molar-refractivity contribution in [2.24, 2.45) is 0 Å². The highest BCUT2D eigenvalue weighted by molar-refractivity contribution is 6.55. The molecule has 1 aromatic rings. The van der Waals surface area contributed by atoms with E-state index in [9.17, 15) is 0 Å². The van der Waals surface area contributed by atoms with Gasteiger partial charge >= 0.3 is 7.12 Å². The zero-order chi connectivity index (χ0) is 18.7. The summed E-state index contributed by atoms with van der Waals surface area (Å²) in [6.45, 7) is 12.9. The molecule has 0 unspecified atom stereocenters. The van der Waals surface area contributed by atoms with E-state index in [0.717, 1.165) is 17.5 Å². The molecule has 1 fully saturated rings. The van der Waals surface area contributed by atoms with E-state index in [1.807, 2.05) is 58.9 Å². The minimum Gasteiger partial charge on any atom is -0.398 e. The van der Waals surface area contributed by atoms with Crippen molar-refractivity contribution in [3.05, 3.63) is 41.1 Å². The molecule has 2 rings (SSSR count). The third kappa shape index (κ3) is 4.52. The maximum Gasteiger partial charge on any atom is 0.525 e. The van der Waals surface area contributed by atoms with E-state index in [4.69, 9.17) is 14.0 Å². The molecule has 25 heavy (non-hydrogen) atoms. The van der Waals surface area contributed by atoms with Crippen LogP contribution >= 0.6 is 0 Å². The smallest absolute Gasteiger partial charge is 0.398 e. The minimum atomic E-state index is -0.981. The van der Waals surface area contributed by atoms with Crippen LogP contribution in [0.15, 0.2) is 30.0 Å². The fourth-order valence-corrected chi connectivity index (χ4v) is 2.80. The van der Waals surface area contributed by atoms with Gasteiger partial charge in [-0.3, -0.25) is 0 Å². The monoisotopic (exact) mass is 348 g/mol. The molecule has 0 radical (unpaired) electrons. The molecular weight excluding hydrogens is 318 g/mol.